The molecule has 0 radical (unpaired) electrons. The van der Waals surface area contributed by atoms with Crippen molar-refractivity contribution in [2.45, 2.75) is 52.1 Å². The molecule has 2 fully saturated rings. The van der Waals surface area contributed by atoms with Crippen LogP contribution in [0.25, 0.3) is 0 Å². The highest BCUT2D eigenvalue weighted by Crippen LogP contribution is 2.48. The summed E-state index contributed by atoms with van der Waals surface area (Å²) in [7, 11) is 0. The van der Waals surface area contributed by atoms with Crippen LogP contribution in [0, 0.1) is 5.41 Å². The van der Waals surface area contributed by atoms with Crippen LogP contribution in [-0.2, 0) is 4.74 Å². The quantitative estimate of drug-likeness (QED) is 0.844. The molecule has 0 aromatic carbocycles. The summed E-state index contributed by atoms with van der Waals surface area (Å²) < 4.78 is 5.42. The van der Waals surface area contributed by atoms with Crippen LogP contribution < -0.4 is 5.73 Å². The van der Waals surface area contributed by atoms with E-state index in [1.807, 2.05) is 25.7 Å². The number of piperazine rings is 1. The van der Waals surface area contributed by atoms with E-state index >= 15 is 0 Å². The second kappa shape index (κ2) is 6.53. The first-order chi connectivity index (χ1) is 9.84. The van der Waals surface area contributed by atoms with E-state index < -0.39 is 5.60 Å². The van der Waals surface area contributed by atoms with E-state index in [0.717, 1.165) is 39.3 Å². The number of rotatable bonds is 5. The second-order valence-electron chi connectivity index (χ2n) is 7.62. The maximum atomic E-state index is 12.0. The van der Waals surface area contributed by atoms with Gasteiger partial charge in [-0.3, -0.25) is 4.90 Å². The van der Waals surface area contributed by atoms with Gasteiger partial charge in [0.1, 0.15) is 5.60 Å². The van der Waals surface area contributed by atoms with Gasteiger partial charge in [0, 0.05) is 26.2 Å². The number of hydrogen-bond donors (Lipinski definition) is 1. The number of carbonyl (C=O) groups is 1. The van der Waals surface area contributed by atoms with Gasteiger partial charge in [-0.25, -0.2) is 4.79 Å². The van der Waals surface area contributed by atoms with Crippen LogP contribution in [0.5, 0.6) is 0 Å². The number of carbonyl (C=O) groups excluding carboxylic acids is 1. The van der Waals surface area contributed by atoms with Crippen LogP contribution in [0.1, 0.15) is 46.5 Å². The Morgan fingerprint density at radius 3 is 2.29 bits per heavy atom. The average Bonchev–Trinajstić information content (AvgIpc) is 3.18. The molecule has 1 aliphatic carbocycles. The summed E-state index contributed by atoms with van der Waals surface area (Å²) in [4.78, 5) is 16.3. The first-order valence-corrected chi connectivity index (χ1v) is 8.24. The topological polar surface area (TPSA) is 58.8 Å². The van der Waals surface area contributed by atoms with Crippen molar-refractivity contribution in [1.29, 1.82) is 0 Å². The van der Waals surface area contributed by atoms with Gasteiger partial charge in [-0.1, -0.05) is 0 Å². The Kier molecular flexibility index (Phi) is 5.15. The summed E-state index contributed by atoms with van der Waals surface area (Å²) in [5.74, 6) is 0. The Balaban J connectivity index is 1.63. The van der Waals surface area contributed by atoms with Crippen molar-refractivity contribution in [3.8, 4) is 0 Å². The van der Waals surface area contributed by atoms with Gasteiger partial charge in [-0.2, -0.15) is 0 Å². The molecule has 1 saturated heterocycles. The molecule has 2 aliphatic rings. The molecular weight excluding hydrogens is 266 g/mol. The zero-order valence-corrected chi connectivity index (χ0v) is 13.9. The number of ether oxygens (including phenoxy) is 1. The Morgan fingerprint density at radius 1 is 1.19 bits per heavy atom. The van der Waals surface area contributed by atoms with Gasteiger partial charge in [0.05, 0.1) is 0 Å². The molecule has 1 saturated carbocycles. The maximum absolute atomic E-state index is 12.0. The fourth-order valence-electron chi connectivity index (χ4n) is 2.89. The third-order valence-electron chi connectivity index (χ3n) is 4.60. The van der Waals surface area contributed by atoms with Crippen molar-refractivity contribution >= 4 is 6.09 Å². The van der Waals surface area contributed by atoms with Crippen molar-refractivity contribution < 1.29 is 9.53 Å². The summed E-state index contributed by atoms with van der Waals surface area (Å²) in [6, 6.07) is 0. The SMILES string of the molecule is CC(C)(C)OC(=O)N1CCN(CCCC2(CN)CC2)CC1. The molecule has 122 valence electrons. The molecular formula is C16H31N3O2. The highest BCUT2D eigenvalue weighted by atomic mass is 16.6. The molecule has 1 heterocycles. The van der Waals surface area contributed by atoms with E-state index in [0.29, 0.717) is 5.41 Å². The van der Waals surface area contributed by atoms with E-state index in [9.17, 15) is 4.79 Å². The summed E-state index contributed by atoms with van der Waals surface area (Å²) in [5, 5.41) is 0. The minimum absolute atomic E-state index is 0.179. The van der Waals surface area contributed by atoms with E-state index in [4.69, 9.17) is 10.5 Å². The summed E-state index contributed by atoms with van der Waals surface area (Å²) >= 11 is 0. The molecule has 0 atom stereocenters. The lowest BCUT2D eigenvalue weighted by molar-refractivity contribution is 0.0143. The van der Waals surface area contributed by atoms with Gasteiger partial charge in [-0.05, 0) is 65.0 Å². The van der Waals surface area contributed by atoms with Gasteiger partial charge in [0.25, 0.3) is 0 Å². The summed E-state index contributed by atoms with van der Waals surface area (Å²) in [6.07, 6.45) is 4.94. The van der Waals surface area contributed by atoms with Gasteiger partial charge in [0.15, 0.2) is 0 Å². The summed E-state index contributed by atoms with van der Waals surface area (Å²) in [6.45, 7) is 11.2. The van der Waals surface area contributed by atoms with Crippen molar-refractivity contribution in [1.82, 2.24) is 9.80 Å². The first-order valence-electron chi connectivity index (χ1n) is 8.24. The zero-order valence-electron chi connectivity index (χ0n) is 13.9. The fourth-order valence-corrected chi connectivity index (χ4v) is 2.89. The molecule has 1 aliphatic heterocycles. The maximum Gasteiger partial charge on any atom is 0.410 e. The predicted molar refractivity (Wildman–Crippen MR) is 84.2 cm³/mol. The Bertz CT molecular complexity index is 353. The smallest absolute Gasteiger partial charge is 0.410 e. The van der Waals surface area contributed by atoms with Crippen LogP contribution in [-0.4, -0.2) is 60.8 Å². The number of amides is 1. The third kappa shape index (κ3) is 5.15. The van der Waals surface area contributed by atoms with Gasteiger partial charge in [0.2, 0.25) is 0 Å². The van der Waals surface area contributed by atoms with Crippen LogP contribution >= 0.6 is 0 Å². The summed E-state index contributed by atoms with van der Waals surface area (Å²) in [5.41, 5.74) is 5.89. The molecule has 0 unspecified atom stereocenters. The van der Waals surface area contributed by atoms with E-state index in [-0.39, 0.29) is 6.09 Å². The highest BCUT2D eigenvalue weighted by Gasteiger charge is 2.40. The predicted octanol–water partition coefficient (Wildman–Crippen LogP) is 2.06. The lowest BCUT2D eigenvalue weighted by atomic mass is 10.0. The standard InChI is InChI=1S/C16H31N3O2/c1-15(2,3)21-14(20)19-11-9-18(10-12-19)8-4-5-16(13-17)6-7-16/h4-13,17H2,1-3H3. The molecule has 2 rings (SSSR count). The number of hydrogen-bond acceptors (Lipinski definition) is 4. The largest absolute Gasteiger partial charge is 0.444 e. The molecule has 1 amide bonds. The number of nitrogens with two attached hydrogens (primary N) is 1. The van der Waals surface area contributed by atoms with E-state index in [1.54, 1.807) is 0 Å². The average molecular weight is 297 g/mol. The molecule has 0 spiro atoms. The minimum atomic E-state index is -0.408. The monoisotopic (exact) mass is 297 g/mol. The number of nitrogens with zero attached hydrogens (tertiary/aromatic N) is 2. The molecule has 0 aromatic heterocycles. The molecule has 0 aromatic rings. The van der Waals surface area contributed by atoms with Gasteiger partial charge >= 0.3 is 6.09 Å². The normalized spacial score (nSPS) is 22.2. The molecule has 2 N–H and O–H groups in total. The second-order valence-corrected chi connectivity index (χ2v) is 7.62. The Labute approximate surface area is 128 Å². The lowest BCUT2D eigenvalue weighted by Crippen LogP contribution is -2.50. The van der Waals surface area contributed by atoms with Crippen LogP contribution in [0.15, 0.2) is 0 Å². The van der Waals surface area contributed by atoms with Gasteiger partial charge in [-0.15, -0.1) is 0 Å². The third-order valence-corrected chi connectivity index (χ3v) is 4.60. The fraction of sp³-hybridized carbons (Fsp3) is 0.938. The first kappa shape index (κ1) is 16.6. The van der Waals surface area contributed by atoms with Crippen LogP contribution in [0.3, 0.4) is 0 Å². The van der Waals surface area contributed by atoms with Gasteiger partial charge < -0.3 is 15.4 Å². The Morgan fingerprint density at radius 2 is 1.81 bits per heavy atom. The van der Waals surface area contributed by atoms with Crippen molar-refractivity contribution in [3.05, 3.63) is 0 Å². The Hall–Kier alpha value is -0.810. The molecule has 5 nitrogen and oxygen atoms in total. The molecule has 21 heavy (non-hydrogen) atoms. The van der Waals surface area contributed by atoms with Crippen molar-refractivity contribution in [2.24, 2.45) is 11.1 Å². The molecule has 0 bridgehead atoms. The lowest BCUT2D eigenvalue weighted by Gasteiger charge is -2.35. The van der Waals surface area contributed by atoms with Crippen LogP contribution in [0.2, 0.25) is 0 Å². The zero-order chi connectivity index (χ0) is 15.5. The molecule has 5 heteroatoms. The van der Waals surface area contributed by atoms with E-state index in [1.165, 1.54) is 25.7 Å². The van der Waals surface area contributed by atoms with Crippen molar-refractivity contribution in [3.63, 3.8) is 0 Å². The van der Waals surface area contributed by atoms with Crippen molar-refractivity contribution in [2.75, 3.05) is 39.3 Å². The van der Waals surface area contributed by atoms with Crippen LogP contribution in [0.4, 0.5) is 4.79 Å². The minimum Gasteiger partial charge on any atom is -0.444 e. The van der Waals surface area contributed by atoms with E-state index in [2.05, 4.69) is 4.90 Å². The highest BCUT2D eigenvalue weighted by molar-refractivity contribution is 5.68.